The van der Waals surface area contributed by atoms with Gasteiger partial charge in [0.2, 0.25) is 0 Å². The Labute approximate surface area is 207 Å². The number of aromatic nitrogens is 2. The summed E-state index contributed by atoms with van der Waals surface area (Å²) in [5.41, 5.74) is 3.67. The number of hydrogen-bond donors (Lipinski definition) is 0. The van der Waals surface area contributed by atoms with Gasteiger partial charge in [0, 0.05) is 6.42 Å². The number of hydrogen-bond acceptors (Lipinski definition) is 6. The van der Waals surface area contributed by atoms with Crippen LogP contribution in [0.15, 0.2) is 71.5 Å². The van der Waals surface area contributed by atoms with Crippen LogP contribution in [0.1, 0.15) is 24.5 Å². The number of fused-ring (bicyclic) bond motifs is 3. The second kappa shape index (κ2) is 10.2. The number of para-hydroxylation sites is 2. The first-order valence-corrected chi connectivity index (χ1v) is 12.4. The van der Waals surface area contributed by atoms with Gasteiger partial charge in [-0.2, -0.15) is 0 Å². The van der Waals surface area contributed by atoms with E-state index >= 15 is 0 Å². The minimum absolute atomic E-state index is 0.0643. The topological polar surface area (TPSA) is 62.1 Å². The maximum absolute atomic E-state index is 13.0. The molecule has 0 aliphatic heterocycles. The van der Waals surface area contributed by atoms with E-state index in [0.717, 1.165) is 28.8 Å². The molecule has 0 amide bonds. The lowest BCUT2D eigenvalue weighted by Crippen LogP contribution is -2.22. The Morgan fingerprint density at radius 3 is 2.57 bits per heavy atom. The average molecular weight is 487 g/mol. The third kappa shape index (κ3) is 5.00. The molecule has 5 aromatic rings. The van der Waals surface area contributed by atoms with Crippen LogP contribution in [0.3, 0.4) is 0 Å². The summed E-state index contributed by atoms with van der Waals surface area (Å²) in [6.45, 7) is 5.58. The molecule has 0 aliphatic carbocycles. The van der Waals surface area contributed by atoms with Crippen molar-refractivity contribution < 1.29 is 14.2 Å². The summed E-state index contributed by atoms with van der Waals surface area (Å²) < 4.78 is 19.8. The Balaban J connectivity index is 1.30. The Morgan fingerprint density at radius 2 is 1.74 bits per heavy atom. The maximum atomic E-state index is 13.0. The standard InChI is InChI=1S/C28H26N2O4S/c1-3-32-25-17-20(11-14-24(25)34-16-6-15-33-21-12-9-19(2)10-13-21)18-26-27(31)30-23-8-5-4-7-22(23)29-28(30)35-26/h4-5,7-14,17-18H,3,6,15-16H2,1-2H3. The average Bonchev–Trinajstić information content (AvgIpc) is 3.37. The van der Waals surface area contributed by atoms with Crippen LogP contribution in [0.2, 0.25) is 0 Å². The van der Waals surface area contributed by atoms with Gasteiger partial charge < -0.3 is 14.2 Å². The highest BCUT2D eigenvalue weighted by Crippen LogP contribution is 2.29. The Hall–Kier alpha value is -3.84. The monoisotopic (exact) mass is 486 g/mol. The highest BCUT2D eigenvalue weighted by molar-refractivity contribution is 7.15. The molecule has 0 aliphatic rings. The fourth-order valence-corrected chi connectivity index (χ4v) is 4.82. The molecule has 0 atom stereocenters. The van der Waals surface area contributed by atoms with E-state index in [1.807, 2.05) is 79.7 Å². The highest BCUT2D eigenvalue weighted by atomic mass is 32.1. The van der Waals surface area contributed by atoms with E-state index in [9.17, 15) is 4.79 Å². The van der Waals surface area contributed by atoms with Crippen molar-refractivity contribution in [2.24, 2.45) is 0 Å². The van der Waals surface area contributed by atoms with Crippen LogP contribution in [-0.2, 0) is 0 Å². The molecule has 0 bridgehead atoms. The molecule has 7 heteroatoms. The molecule has 0 N–H and O–H groups in total. The SMILES string of the molecule is CCOc1cc(C=c2sc3nc4ccccc4n3c2=O)ccc1OCCCOc1ccc(C)cc1. The van der Waals surface area contributed by atoms with Crippen LogP contribution in [0, 0.1) is 6.92 Å². The van der Waals surface area contributed by atoms with Crippen molar-refractivity contribution in [2.75, 3.05) is 19.8 Å². The van der Waals surface area contributed by atoms with Crippen molar-refractivity contribution in [3.8, 4) is 17.2 Å². The fourth-order valence-electron chi connectivity index (χ4n) is 3.83. The minimum atomic E-state index is -0.0643. The number of rotatable bonds is 9. The van der Waals surface area contributed by atoms with Gasteiger partial charge in [0.05, 0.1) is 35.4 Å². The zero-order valence-corrected chi connectivity index (χ0v) is 20.5. The first-order valence-electron chi connectivity index (χ1n) is 11.6. The molecule has 6 nitrogen and oxygen atoms in total. The summed E-state index contributed by atoms with van der Waals surface area (Å²) >= 11 is 1.38. The third-order valence-corrected chi connectivity index (χ3v) is 6.52. The molecule has 0 saturated heterocycles. The zero-order valence-electron chi connectivity index (χ0n) is 19.7. The van der Waals surface area contributed by atoms with Crippen LogP contribution < -0.4 is 24.3 Å². The molecule has 2 heterocycles. The van der Waals surface area contributed by atoms with Gasteiger partial charge in [0.25, 0.3) is 5.56 Å². The normalized spacial score (nSPS) is 11.9. The fraction of sp³-hybridized carbons (Fsp3) is 0.214. The highest BCUT2D eigenvalue weighted by Gasteiger charge is 2.11. The lowest BCUT2D eigenvalue weighted by Gasteiger charge is -2.13. The molecule has 35 heavy (non-hydrogen) atoms. The van der Waals surface area contributed by atoms with Gasteiger partial charge in [-0.1, -0.05) is 47.2 Å². The van der Waals surface area contributed by atoms with Crippen molar-refractivity contribution in [2.45, 2.75) is 20.3 Å². The Morgan fingerprint density at radius 1 is 0.943 bits per heavy atom. The number of ether oxygens (including phenoxy) is 3. The van der Waals surface area contributed by atoms with Gasteiger partial charge in [0.15, 0.2) is 16.5 Å². The van der Waals surface area contributed by atoms with E-state index in [-0.39, 0.29) is 5.56 Å². The number of benzene rings is 3. The molecule has 0 fully saturated rings. The third-order valence-electron chi connectivity index (χ3n) is 5.55. The van der Waals surface area contributed by atoms with E-state index in [2.05, 4.69) is 11.9 Å². The predicted molar refractivity (Wildman–Crippen MR) is 140 cm³/mol. The Kier molecular flexibility index (Phi) is 6.68. The van der Waals surface area contributed by atoms with Gasteiger partial charge in [0.1, 0.15) is 5.75 Å². The number of imidazole rings is 1. The van der Waals surface area contributed by atoms with Gasteiger partial charge in [-0.3, -0.25) is 4.79 Å². The summed E-state index contributed by atoms with van der Waals surface area (Å²) in [4.78, 5) is 18.3. The summed E-state index contributed by atoms with van der Waals surface area (Å²) in [6.07, 6.45) is 2.62. The van der Waals surface area contributed by atoms with E-state index in [0.29, 0.717) is 40.8 Å². The molecular weight excluding hydrogens is 460 g/mol. The quantitative estimate of drug-likeness (QED) is 0.274. The van der Waals surface area contributed by atoms with Gasteiger partial charge in [-0.25, -0.2) is 9.38 Å². The van der Waals surface area contributed by atoms with Gasteiger partial charge >= 0.3 is 0 Å². The van der Waals surface area contributed by atoms with Crippen molar-refractivity contribution >= 4 is 33.4 Å². The second-order valence-corrected chi connectivity index (χ2v) is 9.15. The molecule has 5 rings (SSSR count). The summed E-state index contributed by atoms with van der Waals surface area (Å²) in [5, 5.41) is 0. The van der Waals surface area contributed by atoms with E-state index in [1.54, 1.807) is 4.40 Å². The molecule has 0 saturated carbocycles. The Bertz CT molecular complexity index is 1570. The van der Waals surface area contributed by atoms with E-state index in [4.69, 9.17) is 14.2 Å². The number of thiazole rings is 1. The van der Waals surface area contributed by atoms with Crippen LogP contribution in [0.5, 0.6) is 17.2 Å². The number of aryl methyl sites for hydroxylation is 1. The maximum Gasteiger partial charge on any atom is 0.274 e. The molecule has 2 aromatic heterocycles. The summed E-state index contributed by atoms with van der Waals surface area (Å²) in [6, 6.07) is 21.4. The lowest BCUT2D eigenvalue weighted by atomic mass is 10.2. The summed E-state index contributed by atoms with van der Waals surface area (Å²) in [7, 11) is 0. The van der Waals surface area contributed by atoms with Gasteiger partial charge in [-0.15, -0.1) is 0 Å². The minimum Gasteiger partial charge on any atom is -0.493 e. The molecule has 0 radical (unpaired) electrons. The predicted octanol–water partition coefficient (Wildman–Crippen LogP) is 5.01. The first kappa shape index (κ1) is 22.9. The van der Waals surface area contributed by atoms with Crippen molar-refractivity contribution in [1.82, 2.24) is 9.38 Å². The number of nitrogens with zero attached hydrogens (tertiary/aromatic N) is 2. The zero-order chi connectivity index (χ0) is 24.2. The second-order valence-electron chi connectivity index (χ2n) is 8.14. The van der Waals surface area contributed by atoms with Crippen LogP contribution in [-0.4, -0.2) is 29.2 Å². The van der Waals surface area contributed by atoms with Crippen LogP contribution in [0.4, 0.5) is 0 Å². The smallest absolute Gasteiger partial charge is 0.274 e. The molecule has 3 aromatic carbocycles. The van der Waals surface area contributed by atoms with Crippen LogP contribution in [0.25, 0.3) is 22.1 Å². The lowest BCUT2D eigenvalue weighted by molar-refractivity contribution is 0.236. The van der Waals surface area contributed by atoms with Crippen molar-refractivity contribution in [1.29, 1.82) is 0 Å². The van der Waals surface area contributed by atoms with Crippen molar-refractivity contribution in [3.05, 3.63) is 92.7 Å². The molecular formula is C28H26N2O4S. The van der Waals surface area contributed by atoms with Gasteiger partial charge in [-0.05, 0) is 61.9 Å². The van der Waals surface area contributed by atoms with E-state index < -0.39 is 0 Å². The first-order chi connectivity index (χ1) is 17.1. The molecule has 0 unspecified atom stereocenters. The molecule has 0 spiro atoms. The van der Waals surface area contributed by atoms with Crippen LogP contribution >= 0.6 is 11.3 Å². The largest absolute Gasteiger partial charge is 0.493 e. The van der Waals surface area contributed by atoms with E-state index in [1.165, 1.54) is 16.9 Å². The summed E-state index contributed by atoms with van der Waals surface area (Å²) in [5.74, 6) is 2.19. The van der Waals surface area contributed by atoms with Crippen molar-refractivity contribution in [3.63, 3.8) is 0 Å². The molecule has 178 valence electrons.